The molecule has 15 heavy (non-hydrogen) atoms. The molecule has 0 aromatic carbocycles. The number of thioether (sulfide) groups is 2. The van der Waals surface area contributed by atoms with Gasteiger partial charge < -0.3 is 0 Å². The van der Waals surface area contributed by atoms with Gasteiger partial charge in [-0.15, -0.1) is 16.9 Å². The van der Waals surface area contributed by atoms with Crippen LogP contribution in [0, 0.1) is 0 Å². The number of hydrogen-bond acceptors (Lipinski definition) is 6. The number of carbonyl (C=O) groups is 1. The van der Waals surface area contributed by atoms with E-state index in [1.54, 1.807) is 28.4 Å². The molecule has 1 fully saturated rings. The Morgan fingerprint density at radius 2 is 2.53 bits per heavy atom. The van der Waals surface area contributed by atoms with Crippen LogP contribution in [-0.2, 0) is 4.79 Å². The molecule has 2 aliphatic rings. The van der Waals surface area contributed by atoms with Crippen LogP contribution in [0.3, 0.4) is 0 Å². The molecule has 0 unspecified atom stereocenters. The SMILES string of the molecule is CSC1=C(c2nnn[nH]2)N2C(=O)C[C@H]2S1. The van der Waals surface area contributed by atoms with Crippen LogP contribution in [0.15, 0.2) is 4.24 Å². The van der Waals surface area contributed by atoms with Crippen molar-refractivity contribution >= 4 is 35.1 Å². The Hall–Kier alpha value is -1.02. The lowest BCUT2D eigenvalue weighted by molar-refractivity contribution is -0.136. The second-order valence-corrected chi connectivity index (χ2v) is 5.39. The summed E-state index contributed by atoms with van der Waals surface area (Å²) in [6.07, 6.45) is 2.60. The molecule has 0 bridgehead atoms. The molecule has 3 heterocycles. The summed E-state index contributed by atoms with van der Waals surface area (Å²) in [6, 6.07) is 0. The summed E-state index contributed by atoms with van der Waals surface area (Å²) in [7, 11) is 0. The maximum atomic E-state index is 11.5. The third-order valence-electron chi connectivity index (χ3n) is 2.34. The second-order valence-electron chi connectivity index (χ2n) is 3.13. The zero-order valence-corrected chi connectivity index (χ0v) is 9.43. The topological polar surface area (TPSA) is 74.8 Å². The van der Waals surface area contributed by atoms with E-state index < -0.39 is 0 Å². The van der Waals surface area contributed by atoms with Crippen molar-refractivity contribution in [3.05, 3.63) is 10.1 Å². The van der Waals surface area contributed by atoms with E-state index >= 15 is 0 Å². The molecule has 8 heteroatoms. The van der Waals surface area contributed by atoms with Crippen LogP contribution in [0.25, 0.3) is 5.70 Å². The number of tetrazole rings is 1. The van der Waals surface area contributed by atoms with Crippen molar-refractivity contribution in [2.75, 3.05) is 6.26 Å². The highest BCUT2D eigenvalue weighted by Crippen LogP contribution is 2.52. The van der Waals surface area contributed by atoms with Gasteiger partial charge in [0.2, 0.25) is 5.91 Å². The molecule has 0 radical (unpaired) electrons. The fraction of sp³-hybridized carbons (Fsp3) is 0.429. The largest absolute Gasteiger partial charge is 0.294 e. The third-order valence-corrected chi connectivity index (χ3v) is 4.75. The van der Waals surface area contributed by atoms with Gasteiger partial charge in [-0.05, 0) is 16.7 Å². The lowest BCUT2D eigenvalue weighted by Gasteiger charge is -2.34. The summed E-state index contributed by atoms with van der Waals surface area (Å²) in [5.74, 6) is 0.713. The zero-order chi connectivity index (χ0) is 10.4. The molecular formula is C7H7N5OS2. The van der Waals surface area contributed by atoms with Crippen molar-refractivity contribution in [2.45, 2.75) is 11.8 Å². The van der Waals surface area contributed by atoms with E-state index in [0.717, 1.165) is 9.93 Å². The molecule has 0 aliphatic carbocycles. The number of rotatable bonds is 2. The first kappa shape index (κ1) is 9.22. The van der Waals surface area contributed by atoms with Crippen LogP contribution in [0.5, 0.6) is 0 Å². The number of hydrogen-bond donors (Lipinski definition) is 1. The first-order valence-electron chi connectivity index (χ1n) is 4.32. The number of H-pyrrole nitrogens is 1. The molecule has 1 saturated heterocycles. The summed E-state index contributed by atoms with van der Waals surface area (Å²) in [4.78, 5) is 13.2. The van der Waals surface area contributed by atoms with Gasteiger partial charge in [-0.3, -0.25) is 9.69 Å². The summed E-state index contributed by atoms with van der Waals surface area (Å²) in [5.41, 5.74) is 0.832. The fourth-order valence-corrected chi connectivity index (χ4v) is 3.86. The molecular weight excluding hydrogens is 234 g/mol. The maximum absolute atomic E-state index is 11.5. The Kier molecular flexibility index (Phi) is 1.99. The number of nitrogens with one attached hydrogen (secondary N) is 1. The van der Waals surface area contributed by atoms with Gasteiger partial charge in [-0.2, -0.15) is 0 Å². The minimum atomic E-state index is 0.142. The van der Waals surface area contributed by atoms with E-state index in [0.29, 0.717) is 12.2 Å². The predicted molar refractivity (Wildman–Crippen MR) is 57.5 cm³/mol. The number of aromatic amines is 1. The van der Waals surface area contributed by atoms with E-state index in [9.17, 15) is 4.79 Å². The van der Waals surface area contributed by atoms with Crippen molar-refractivity contribution in [3.63, 3.8) is 0 Å². The highest BCUT2D eigenvalue weighted by molar-refractivity contribution is 8.22. The number of nitrogens with zero attached hydrogens (tertiary/aromatic N) is 4. The van der Waals surface area contributed by atoms with Gasteiger partial charge >= 0.3 is 0 Å². The minimum Gasteiger partial charge on any atom is -0.294 e. The van der Waals surface area contributed by atoms with E-state index in [1.807, 2.05) is 6.26 Å². The monoisotopic (exact) mass is 241 g/mol. The second kappa shape index (κ2) is 3.24. The highest BCUT2D eigenvalue weighted by atomic mass is 32.2. The number of fused-ring (bicyclic) bond motifs is 1. The van der Waals surface area contributed by atoms with E-state index in [2.05, 4.69) is 20.6 Å². The molecule has 1 atom stereocenters. The number of carbonyl (C=O) groups excluding carboxylic acids is 1. The van der Waals surface area contributed by atoms with Crippen LogP contribution in [-0.4, -0.2) is 43.1 Å². The lowest BCUT2D eigenvalue weighted by Crippen LogP contribution is -2.46. The molecule has 1 amide bonds. The van der Waals surface area contributed by atoms with Gasteiger partial charge in [-0.1, -0.05) is 11.8 Å². The van der Waals surface area contributed by atoms with Crippen molar-refractivity contribution in [1.29, 1.82) is 0 Å². The van der Waals surface area contributed by atoms with Gasteiger partial charge in [0.15, 0.2) is 5.82 Å². The lowest BCUT2D eigenvalue weighted by atomic mass is 10.2. The van der Waals surface area contributed by atoms with Gasteiger partial charge in [0.1, 0.15) is 5.70 Å². The highest BCUT2D eigenvalue weighted by Gasteiger charge is 2.47. The van der Waals surface area contributed by atoms with Crippen molar-refractivity contribution in [1.82, 2.24) is 25.5 Å². The van der Waals surface area contributed by atoms with Crippen LogP contribution in [0.2, 0.25) is 0 Å². The Labute approximate surface area is 93.9 Å². The summed E-state index contributed by atoms with van der Waals surface area (Å²) >= 11 is 3.32. The van der Waals surface area contributed by atoms with Crippen LogP contribution in [0.1, 0.15) is 12.2 Å². The Morgan fingerprint density at radius 3 is 3.13 bits per heavy atom. The standard InChI is InChI=1S/C7H7N5OS2/c1-14-7-5(6-8-10-11-9-6)12-3(13)2-4(12)15-7/h4H,2H2,1H3,(H,8,9,10,11)/t4-/m1/s1. The number of β-lactam (4-membered cyclic amide) rings is 1. The van der Waals surface area contributed by atoms with Crippen molar-refractivity contribution in [2.24, 2.45) is 0 Å². The van der Waals surface area contributed by atoms with Gasteiger partial charge in [0.25, 0.3) is 0 Å². The van der Waals surface area contributed by atoms with Crippen LogP contribution >= 0.6 is 23.5 Å². The first-order valence-corrected chi connectivity index (χ1v) is 6.43. The minimum absolute atomic E-state index is 0.142. The molecule has 1 N–H and O–H groups in total. The van der Waals surface area contributed by atoms with Gasteiger partial charge in [0, 0.05) is 0 Å². The van der Waals surface area contributed by atoms with Crippen molar-refractivity contribution in [3.8, 4) is 0 Å². The maximum Gasteiger partial charge on any atom is 0.231 e. The van der Waals surface area contributed by atoms with Gasteiger partial charge in [0.05, 0.1) is 16.0 Å². The zero-order valence-electron chi connectivity index (χ0n) is 7.80. The van der Waals surface area contributed by atoms with Crippen molar-refractivity contribution < 1.29 is 4.79 Å². The predicted octanol–water partition coefficient (Wildman–Crippen LogP) is 0.494. The normalized spacial score (nSPS) is 24.5. The average Bonchev–Trinajstić information content (AvgIpc) is 2.81. The van der Waals surface area contributed by atoms with Crippen LogP contribution < -0.4 is 0 Å². The smallest absolute Gasteiger partial charge is 0.231 e. The first-order chi connectivity index (χ1) is 7.31. The molecule has 6 nitrogen and oxygen atoms in total. The summed E-state index contributed by atoms with van der Waals surface area (Å²) in [5, 5.41) is 13.9. The quantitative estimate of drug-likeness (QED) is 0.760. The molecule has 1 aromatic heterocycles. The number of amides is 1. The fourth-order valence-electron chi connectivity index (χ4n) is 1.64. The molecule has 78 valence electrons. The molecule has 0 spiro atoms. The molecule has 2 aliphatic heterocycles. The summed E-state index contributed by atoms with van der Waals surface area (Å²) < 4.78 is 1.10. The molecule has 3 rings (SSSR count). The third kappa shape index (κ3) is 1.21. The molecule has 0 saturated carbocycles. The van der Waals surface area contributed by atoms with E-state index in [4.69, 9.17) is 0 Å². The van der Waals surface area contributed by atoms with E-state index in [-0.39, 0.29) is 11.3 Å². The number of aromatic nitrogens is 4. The Morgan fingerprint density at radius 1 is 1.67 bits per heavy atom. The Balaban J connectivity index is 2.05. The van der Waals surface area contributed by atoms with Crippen LogP contribution in [0.4, 0.5) is 0 Å². The Bertz CT molecular complexity index is 442. The molecule has 1 aromatic rings. The van der Waals surface area contributed by atoms with Gasteiger partial charge in [-0.25, -0.2) is 5.10 Å². The van der Waals surface area contributed by atoms with E-state index in [1.165, 1.54) is 0 Å². The average molecular weight is 241 g/mol. The summed E-state index contributed by atoms with van der Waals surface area (Å²) in [6.45, 7) is 0.